The second-order valence-corrected chi connectivity index (χ2v) is 2.91. The smallest absolute Gasteiger partial charge is 0.0656 e. The van der Waals surface area contributed by atoms with Crippen LogP contribution in [0.15, 0.2) is 18.2 Å². The van der Waals surface area contributed by atoms with Gasteiger partial charge in [0.25, 0.3) is 0 Å². The first-order valence-corrected chi connectivity index (χ1v) is 4.05. The van der Waals surface area contributed by atoms with Crippen LogP contribution in [-0.2, 0) is 4.74 Å². The normalized spacial score (nSPS) is 12.8. The van der Waals surface area contributed by atoms with Crippen molar-refractivity contribution in [2.75, 3.05) is 25.2 Å². The lowest BCUT2D eigenvalue weighted by Crippen LogP contribution is -2.18. The van der Waals surface area contributed by atoms with Crippen molar-refractivity contribution in [1.29, 1.82) is 0 Å². The van der Waals surface area contributed by atoms with Crippen molar-refractivity contribution in [1.82, 2.24) is 0 Å². The Kier molecular flexibility index (Phi) is 3.11. The summed E-state index contributed by atoms with van der Waals surface area (Å²) in [5, 5.41) is 0. The number of hydrogen-bond donors (Lipinski definition) is 3. The topological polar surface area (TPSA) is 87.3 Å². The third-order valence-electron chi connectivity index (χ3n) is 1.92. The van der Waals surface area contributed by atoms with Crippen LogP contribution in [0.5, 0.6) is 0 Å². The third-order valence-corrected chi connectivity index (χ3v) is 1.92. The van der Waals surface area contributed by atoms with Crippen LogP contribution in [0.4, 0.5) is 11.4 Å². The number of nitrogens with two attached hydrogens (primary N) is 3. The minimum Gasteiger partial charge on any atom is -0.397 e. The maximum atomic E-state index is 5.81. The molecule has 4 nitrogen and oxygen atoms in total. The highest BCUT2D eigenvalue weighted by Gasteiger charge is 2.10. The number of para-hydroxylation sites is 1. The van der Waals surface area contributed by atoms with Gasteiger partial charge in [0.1, 0.15) is 0 Å². The fourth-order valence-electron chi connectivity index (χ4n) is 1.19. The number of anilines is 2. The predicted octanol–water partition coefficient (Wildman–Crippen LogP) is 0.497. The molecule has 1 atom stereocenters. The lowest BCUT2D eigenvalue weighted by atomic mass is 10.1. The molecule has 0 fully saturated rings. The van der Waals surface area contributed by atoms with Gasteiger partial charge in [-0.05, 0) is 11.6 Å². The molecule has 72 valence electrons. The molecular weight excluding hydrogens is 166 g/mol. The van der Waals surface area contributed by atoms with Gasteiger partial charge >= 0.3 is 0 Å². The van der Waals surface area contributed by atoms with Gasteiger partial charge in [0.15, 0.2) is 0 Å². The molecule has 6 N–H and O–H groups in total. The molecule has 0 saturated heterocycles. The Hall–Kier alpha value is -1.26. The molecule has 0 aliphatic rings. The van der Waals surface area contributed by atoms with Gasteiger partial charge < -0.3 is 21.9 Å². The molecule has 0 aromatic heterocycles. The molecule has 0 aliphatic heterocycles. The van der Waals surface area contributed by atoms with Gasteiger partial charge in [-0.3, -0.25) is 0 Å². The van der Waals surface area contributed by atoms with E-state index in [1.54, 1.807) is 13.2 Å². The fraction of sp³-hybridized carbons (Fsp3) is 0.333. The summed E-state index contributed by atoms with van der Waals surface area (Å²) >= 11 is 0. The lowest BCUT2D eigenvalue weighted by molar-refractivity contribution is 0.181. The number of hydrogen-bond acceptors (Lipinski definition) is 4. The number of nitrogen functional groups attached to an aromatic ring is 2. The Morgan fingerprint density at radius 2 is 2.08 bits per heavy atom. The van der Waals surface area contributed by atoms with Gasteiger partial charge in [-0.2, -0.15) is 0 Å². The summed E-state index contributed by atoms with van der Waals surface area (Å²) in [7, 11) is 1.60. The quantitative estimate of drug-likeness (QED) is 0.592. The van der Waals surface area contributed by atoms with Gasteiger partial charge in [0, 0.05) is 7.11 Å². The maximum absolute atomic E-state index is 5.81. The molecule has 1 aromatic carbocycles. The molecule has 0 heterocycles. The first-order chi connectivity index (χ1) is 6.16. The van der Waals surface area contributed by atoms with Crippen LogP contribution >= 0.6 is 0 Å². The van der Waals surface area contributed by atoms with Crippen LogP contribution in [0.2, 0.25) is 0 Å². The van der Waals surface area contributed by atoms with E-state index in [1.165, 1.54) is 0 Å². The van der Waals surface area contributed by atoms with E-state index in [-0.39, 0.29) is 6.04 Å². The molecule has 0 saturated carbocycles. The molecule has 1 rings (SSSR count). The average molecular weight is 181 g/mol. The largest absolute Gasteiger partial charge is 0.397 e. The van der Waals surface area contributed by atoms with E-state index in [0.29, 0.717) is 18.0 Å². The van der Waals surface area contributed by atoms with Gasteiger partial charge in [-0.15, -0.1) is 0 Å². The summed E-state index contributed by atoms with van der Waals surface area (Å²) < 4.78 is 4.93. The molecule has 4 heteroatoms. The molecule has 1 unspecified atom stereocenters. The molecule has 0 spiro atoms. The van der Waals surface area contributed by atoms with E-state index in [1.807, 2.05) is 12.1 Å². The summed E-state index contributed by atoms with van der Waals surface area (Å²) in [6.45, 7) is 0.438. The van der Waals surface area contributed by atoms with Crippen molar-refractivity contribution < 1.29 is 4.74 Å². The molecule has 13 heavy (non-hydrogen) atoms. The van der Waals surface area contributed by atoms with Crippen LogP contribution in [0.3, 0.4) is 0 Å². The average Bonchev–Trinajstić information content (AvgIpc) is 2.10. The highest BCUT2D eigenvalue weighted by Crippen LogP contribution is 2.24. The minimum atomic E-state index is -0.214. The molecule has 0 radical (unpaired) electrons. The van der Waals surface area contributed by atoms with E-state index in [4.69, 9.17) is 21.9 Å². The first-order valence-electron chi connectivity index (χ1n) is 4.05. The number of methoxy groups -OCH3 is 1. The summed E-state index contributed by atoms with van der Waals surface area (Å²) in [6.07, 6.45) is 0. The van der Waals surface area contributed by atoms with Crippen molar-refractivity contribution in [3.8, 4) is 0 Å². The Morgan fingerprint density at radius 1 is 1.38 bits per heavy atom. The maximum Gasteiger partial charge on any atom is 0.0656 e. The van der Waals surface area contributed by atoms with E-state index < -0.39 is 0 Å². The van der Waals surface area contributed by atoms with Crippen molar-refractivity contribution in [3.63, 3.8) is 0 Å². The standard InChI is InChI=1S/C9H15N3O/c1-13-5-8(11)6-3-2-4-7(10)9(6)12/h2-4,8H,5,10-12H2,1H3. The second-order valence-electron chi connectivity index (χ2n) is 2.91. The Balaban J connectivity index is 2.93. The highest BCUT2D eigenvalue weighted by atomic mass is 16.5. The first kappa shape index (κ1) is 9.83. The summed E-state index contributed by atoms with van der Waals surface area (Å²) in [5.74, 6) is 0. The number of ether oxygens (including phenoxy) is 1. The van der Waals surface area contributed by atoms with E-state index >= 15 is 0 Å². The third kappa shape index (κ3) is 2.11. The Bertz CT molecular complexity index is 288. The van der Waals surface area contributed by atoms with Gasteiger partial charge in [-0.25, -0.2) is 0 Å². The zero-order chi connectivity index (χ0) is 9.84. The van der Waals surface area contributed by atoms with Crippen LogP contribution in [0.1, 0.15) is 11.6 Å². The number of rotatable bonds is 3. The second kappa shape index (κ2) is 4.11. The zero-order valence-corrected chi connectivity index (χ0v) is 7.66. The van der Waals surface area contributed by atoms with E-state index in [0.717, 1.165) is 5.56 Å². The SMILES string of the molecule is COCC(N)c1cccc(N)c1N. The molecule has 1 aromatic rings. The van der Waals surface area contributed by atoms with Crippen molar-refractivity contribution in [2.24, 2.45) is 5.73 Å². The summed E-state index contributed by atoms with van der Waals surface area (Å²) in [5.41, 5.74) is 19.1. The van der Waals surface area contributed by atoms with Gasteiger partial charge in [0.05, 0.1) is 24.0 Å². The molecular formula is C9H15N3O. The van der Waals surface area contributed by atoms with Crippen LogP contribution < -0.4 is 17.2 Å². The van der Waals surface area contributed by atoms with Crippen LogP contribution in [0, 0.1) is 0 Å². The van der Waals surface area contributed by atoms with Crippen molar-refractivity contribution in [3.05, 3.63) is 23.8 Å². The van der Waals surface area contributed by atoms with Crippen LogP contribution in [-0.4, -0.2) is 13.7 Å². The monoisotopic (exact) mass is 181 g/mol. The van der Waals surface area contributed by atoms with E-state index in [9.17, 15) is 0 Å². The van der Waals surface area contributed by atoms with Gasteiger partial charge in [-0.1, -0.05) is 12.1 Å². The Morgan fingerprint density at radius 3 is 2.69 bits per heavy atom. The summed E-state index contributed by atoms with van der Waals surface area (Å²) in [6, 6.07) is 5.22. The predicted molar refractivity (Wildman–Crippen MR) is 54.1 cm³/mol. The zero-order valence-electron chi connectivity index (χ0n) is 7.66. The van der Waals surface area contributed by atoms with E-state index in [2.05, 4.69) is 0 Å². The number of benzene rings is 1. The van der Waals surface area contributed by atoms with Crippen LogP contribution in [0.25, 0.3) is 0 Å². The Labute approximate surface area is 77.7 Å². The van der Waals surface area contributed by atoms with Gasteiger partial charge in [0.2, 0.25) is 0 Å². The van der Waals surface area contributed by atoms with Crippen molar-refractivity contribution >= 4 is 11.4 Å². The minimum absolute atomic E-state index is 0.214. The van der Waals surface area contributed by atoms with Crippen molar-refractivity contribution in [2.45, 2.75) is 6.04 Å². The molecule has 0 amide bonds. The summed E-state index contributed by atoms with van der Waals surface area (Å²) in [4.78, 5) is 0. The molecule has 0 bridgehead atoms. The highest BCUT2D eigenvalue weighted by molar-refractivity contribution is 5.67. The molecule has 0 aliphatic carbocycles. The lowest BCUT2D eigenvalue weighted by Gasteiger charge is -2.14. The fourth-order valence-corrected chi connectivity index (χ4v) is 1.19.